The summed E-state index contributed by atoms with van der Waals surface area (Å²) in [4.78, 5) is 30.5. The molecule has 86 valence electrons. The van der Waals surface area contributed by atoms with Crippen LogP contribution in [0.1, 0.15) is 37.0 Å². The average Bonchev–Trinajstić information content (AvgIpc) is 2.28. The zero-order chi connectivity index (χ0) is 12.3. The van der Waals surface area contributed by atoms with Crippen molar-refractivity contribution in [1.82, 2.24) is 9.97 Å². The summed E-state index contributed by atoms with van der Waals surface area (Å²) < 4.78 is 4.67. The van der Waals surface area contributed by atoms with Crippen molar-refractivity contribution in [2.45, 2.75) is 26.2 Å². The van der Waals surface area contributed by atoms with Crippen LogP contribution in [-0.2, 0) is 14.9 Å². The molecular weight excluding hydrogens is 208 g/mol. The molecule has 0 aliphatic heterocycles. The van der Waals surface area contributed by atoms with Gasteiger partial charge >= 0.3 is 5.97 Å². The van der Waals surface area contributed by atoms with E-state index < -0.39 is 11.4 Å². The van der Waals surface area contributed by atoms with E-state index in [4.69, 9.17) is 0 Å². The van der Waals surface area contributed by atoms with E-state index in [0.717, 1.165) is 0 Å². The van der Waals surface area contributed by atoms with Gasteiger partial charge in [-0.1, -0.05) is 0 Å². The average molecular weight is 222 g/mol. The van der Waals surface area contributed by atoms with Crippen molar-refractivity contribution < 1.29 is 14.3 Å². The molecule has 0 aliphatic rings. The SMILES string of the molecule is COC(=O)C(C)(C)c1cnc(C(C)=O)cn1. The summed E-state index contributed by atoms with van der Waals surface area (Å²) >= 11 is 0. The summed E-state index contributed by atoms with van der Waals surface area (Å²) in [5.74, 6) is -0.549. The number of methoxy groups -OCH3 is 1. The van der Waals surface area contributed by atoms with Crippen LogP contribution in [0.2, 0.25) is 0 Å². The number of aromatic nitrogens is 2. The van der Waals surface area contributed by atoms with Crippen LogP contribution in [-0.4, -0.2) is 28.8 Å². The van der Waals surface area contributed by atoms with Crippen LogP contribution in [0.25, 0.3) is 0 Å². The van der Waals surface area contributed by atoms with Gasteiger partial charge in [0.2, 0.25) is 0 Å². The molecule has 0 aromatic carbocycles. The standard InChI is InChI=1S/C11H14N2O3/c1-7(14)8-5-13-9(6-12-8)11(2,3)10(15)16-4/h5-6H,1-4H3. The van der Waals surface area contributed by atoms with E-state index >= 15 is 0 Å². The Morgan fingerprint density at radius 1 is 1.25 bits per heavy atom. The predicted molar refractivity (Wildman–Crippen MR) is 57.1 cm³/mol. The first-order chi connectivity index (χ1) is 7.39. The number of carbonyl (C=O) groups excluding carboxylic acids is 2. The number of hydrogen-bond acceptors (Lipinski definition) is 5. The van der Waals surface area contributed by atoms with Gasteiger partial charge in [0.15, 0.2) is 5.78 Å². The Labute approximate surface area is 93.9 Å². The maximum Gasteiger partial charge on any atom is 0.317 e. The first-order valence-electron chi connectivity index (χ1n) is 4.81. The number of carbonyl (C=O) groups is 2. The summed E-state index contributed by atoms with van der Waals surface area (Å²) in [5, 5.41) is 0. The highest BCUT2D eigenvalue weighted by Gasteiger charge is 2.32. The Hall–Kier alpha value is -1.78. The van der Waals surface area contributed by atoms with E-state index in [-0.39, 0.29) is 11.5 Å². The van der Waals surface area contributed by atoms with Gasteiger partial charge in [0.25, 0.3) is 0 Å². The van der Waals surface area contributed by atoms with Crippen LogP contribution >= 0.6 is 0 Å². The number of ether oxygens (including phenoxy) is 1. The predicted octanol–water partition coefficient (Wildman–Crippen LogP) is 1.13. The molecule has 5 nitrogen and oxygen atoms in total. The van der Waals surface area contributed by atoms with Gasteiger partial charge in [0.05, 0.1) is 25.2 Å². The molecule has 0 fully saturated rings. The molecule has 0 radical (unpaired) electrons. The van der Waals surface area contributed by atoms with Gasteiger partial charge in [-0.3, -0.25) is 14.6 Å². The molecule has 16 heavy (non-hydrogen) atoms. The molecule has 1 rings (SSSR count). The second kappa shape index (κ2) is 4.38. The maximum absolute atomic E-state index is 11.5. The highest BCUT2D eigenvalue weighted by atomic mass is 16.5. The van der Waals surface area contributed by atoms with Crippen molar-refractivity contribution in [2.75, 3.05) is 7.11 Å². The molecule has 1 aromatic heterocycles. The Kier molecular flexibility index (Phi) is 3.37. The highest BCUT2D eigenvalue weighted by Crippen LogP contribution is 2.21. The van der Waals surface area contributed by atoms with Crippen molar-refractivity contribution in [3.63, 3.8) is 0 Å². The van der Waals surface area contributed by atoms with Crippen molar-refractivity contribution >= 4 is 11.8 Å². The lowest BCUT2D eigenvalue weighted by molar-refractivity contribution is -0.146. The first kappa shape index (κ1) is 12.3. The van der Waals surface area contributed by atoms with Crippen molar-refractivity contribution in [3.05, 3.63) is 23.8 Å². The van der Waals surface area contributed by atoms with Gasteiger partial charge in [-0.2, -0.15) is 0 Å². The van der Waals surface area contributed by atoms with Gasteiger partial charge in [0, 0.05) is 6.92 Å². The van der Waals surface area contributed by atoms with Crippen LogP contribution < -0.4 is 0 Å². The largest absolute Gasteiger partial charge is 0.468 e. The van der Waals surface area contributed by atoms with E-state index in [1.165, 1.54) is 26.4 Å². The van der Waals surface area contributed by atoms with E-state index in [2.05, 4.69) is 14.7 Å². The number of Topliss-reactive ketones (excluding diaryl/α,β-unsaturated/α-hetero) is 1. The Morgan fingerprint density at radius 2 is 1.88 bits per heavy atom. The summed E-state index contributed by atoms with van der Waals surface area (Å²) in [7, 11) is 1.32. The van der Waals surface area contributed by atoms with E-state index in [1.54, 1.807) is 13.8 Å². The summed E-state index contributed by atoms with van der Waals surface area (Å²) in [6, 6.07) is 0. The molecule has 0 saturated carbocycles. The van der Waals surface area contributed by atoms with E-state index in [9.17, 15) is 9.59 Å². The molecule has 0 aliphatic carbocycles. The number of nitrogens with zero attached hydrogens (tertiary/aromatic N) is 2. The third-order valence-corrected chi connectivity index (χ3v) is 2.35. The number of hydrogen-bond donors (Lipinski definition) is 0. The van der Waals surface area contributed by atoms with Crippen molar-refractivity contribution in [2.24, 2.45) is 0 Å². The Balaban J connectivity index is 3.06. The van der Waals surface area contributed by atoms with Gasteiger partial charge in [-0.05, 0) is 13.8 Å². The normalized spacial score (nSPS) is 11.0. The second-order valence-electron chi connectivity index (χ2n) is 3.96. The first-order valence-corrected chi connectivity index (χ1v) is 4.81. The molecule has 0 amide bonds. The third-order valence-electron chi connectivity index (χ3n) is 2.35. The van der Waals surface area contributed by atoms with Crippen LogP contribution in [0.5, 0.6) is 0 Å². The molecule has 0 unspecified atom stereocenters. The van der Waals surface area contributed by atoms with Crippen LogP contribution in [0.15, 0.2) is 12.4 Å². The summed E-state index contributed by atoms with van der Waals surface area (Å²) in [6.45, 7) is 4.79. The zero-order valence-electron chi connectivity index (χ0n) is 9.77. The number of rotatable bonds is 3. The van der Waals surface area contributed by atoms with E-state index in [0.29, 0.717) is 5.69 Å². The van der Waals surface area contributed by atoms with Crippen LogP contribution in [0, 0.1) is 0 Å². The molecule has 1 heterocycles. The molecule has 0 N–H and O–H groups in total. The van der Waals surface area contributed by atoms with Crippen molar-refractivity contribution in [3.8, 4) is 0 Å². The van der Waals surface area contributed by atoms with Crippen LogP contribution in [0.4, 0.5) is 0 Å². The monoisotopic (exact) mass is 222 g/mol. The lowest BCUT2D eigenvalue weighted by Crippen LogP contribution is -2.31. The van der Waals surface area contributed by atoms with Gasteiger partial charge < -0.3 is 4.74 Å². The summed E-state index contributed by atoms with van der Waals surface area (Å²) in [5.41, 5.74) is -0.106. The topological polar surface area (TPSA) is 69.2 Å². The Morgan fingerprint density at radius 3 is 2.25 bits per heavy atom. The third kappa shape index (κ3) is 2.24. The van der Waals surface area contributed by atoms with Crippen molar-refractivity contribution in [1.29, 1.82) is 0 Å². The van der Waals surface area contributed by atoms with E-state index in [1.807, 2.05) is 0 Å². The maximum atomic E-state index is 11.5. The minimum Gasteiger partial charge on any atom is -0.468 e. The molecule has 1 aromatic rings. The second-order valence-corrected chi connectivity index (χ2v) is 3.96. The summed E-state index contributed by atoms with van der Waals surface area (Å²) in [6.07, 6.45) is 2.79. The van der Waals surface area contributed by atoms with Gasteiger partial charge in [-0.25, -0.2) is 4.98 Å². The fraction of sp³-hybridized carbons (Fsp3) is 0.455. The molecule has 0 bridgehead atoms. The lowest BCUT2D eigenvalue weighted by Gasteiger charge is -2.20. The molecule has 5 heteroatoms. The van der Waals surface area contributed by atoms with Gasteiger partial charge in [0.1, 0.15) is 11.1 Å². The number of esters is 1. The smallest absolute Gasteiger partial charge is 0.317 e. The highest BCUT2D eigenvalue weighted by molar-refractivity contribution is 5.91. The molecular formula is C11H14N2O3. The quantitative estimate of drug-likeness (QED) is 0.566. The Bertz CT molecular complexity index is 410. The minimum atomic E-state index is -0.864. The lowest BCUT2D eigenvalue weighted by atomic mass is 9.90. The van der Waals surface area contributed by atoms with Crippen LogP contribution in [0.3, 0.4) is 0 Å². The van der Waals surface area contributed by atoms with Gasteiger partial charge in [-0.15, -0.1) is 0 Å². The molecule has 0 saturated heterocycles. The zero-order valence-corrected chi connectivity index (χ0v) is 9.77. The molecule has 0 spiro atoms. The minimum absolute atomic E-state index is 0.157. The number of ketones is 1. The fourth-order valence-corrected chi connectivity index (χ4v) is 1.19. The molecule has 0 atom stereocenters. The fourth-order valence-electron chi connectivity index (χ4n) is 1.19.